The maximum Gasteiger partial charge on any atom is 0.143 e. The molecule has 104 valence electrons. The molecule has 1 heterocycles. The number of nitrogens with one attached hydrogen (secondary N) is 1. The quantitative estimate of drug-likeness (QED) is 0.933. The third-order valence-electron chi connectivity index (χ3n) is 3.34. The van der Waals surface area contributed by atoms with Gasteiger partial charge in [0.05, 0.1) is 11.8 Å². The summed E-state index contributed by atoms with van der Waals surface area (Å²) in [4.78, 5) is 0. The first-order chi connectivity index (χ1) is 9.42. The fourth-order valence-corrected chi connectivity index (χ4v) is 2.36. The number of aromatic nitrogens is 2. The van der Waals surface area contributed by atoms with E-state index in [2.05, 4.69) is 16.5 Å². The summed E-state index contributed by atoms with van der Waals surface area (Å²) in [6, 6.07) is 6.32. The number of hydrogen-bond donors (Lipinski definition) is 1. The highest BCUT2D eigenvalue weighted by Crippen LogP contribution is 2.25. The van der Waals surface area contributed by atoms with Gasteiger partial charge in [0.25, 0.3) is 0 Å². The van der Waals surface area contributed by atoms with Gasteiger partial charge < -0.3 is 5.32 Å². The first kappa shape index (κ1) is 14.1. The number of aryl methyl sites for hydroxylation is 3. The summed E-state index contributed by atoms with van der Waals surface area (Å²) < 4.78 is 15.2. The topological polar surface area (TPSA) is 53.6 Å². The van der Waals surface area contributed by atoms with E-state index in [0.29, 0.717) is 5.69 Å². The Bertz CT molecular complexity index is 662. The Labute approximate surface area is 117 Å². The summed E-state index contributed by atoms with van der Waals surface area (Å²) in [5.74, 6) is -0.316. The van der Waals surface area contributed by atoms with Crippen LogP contribution in [-0.4, -0.2) is 9.78 Å². The number of hydrogen-bond acceptors (Lipinski definition) is 3. The van der Waals surface area contributed by atoms with Crippen LogP contribution < -0.4 is 5.32 Å². The van der Waals surface area contributed by atoms with Crippen LogP contribution in [0, 0.1) is 37.9 Å². The third kappa shape index (κ3) is 2.64. The van der Waals surface area contributed by atoms with Gasteiger partial charge in [0, 0.05) is 24.0 Å². The predicted octanol–water partition coefficient (Wildman–Crippen LogP) is 3.16. The molecular formula is C15H17FN4. The molecule has 0 fully saturated rings. The maximum atomic E-state index is 13.4. The van der Waals surface area contributed by atoms with Gasteiger partial charge in [-0.3, -0.25) is 4.68 Å². The smallest absolute Gasteiger partial charge is 0.143 e. The second kappa shape index (κ2) is 5.33. The van der Waals surface area contributed by atoms with Crippen LogP contribution in [0.25, 0.3) is 0 Å². The lowest BCUT2D eigenvalue weighted by molar-refractivity contribution is 0.627. The molecule has 0 aliphatic heterocycles. The van der Waals surface area contributed by atoms with E-state index in [1.807, 2.05) is 33.9 Å². The molecule has 5 heteroatoms. The molecule has 0 saturated carbocycles. The van der Waals surface area contributed by atoms with Gasteiger partial charge in [-0.25, -0.2) is 4.39 Å². The standard InChI is InChI=1S/C15H17FN4/c1-9-5-12(16)7-13(6-9)18-14(8-17)15-10(2)19-20(4)11(15)3/h5-7,14,18H,1-4H3. The Morgan fingerprint density at radius 2 is 2.00 bits per heavy atom. The predicted molar refractivity (Wildman–Crippen MR) is 75.8 cm³/mol. The molecule has 1 atom stereocenters. The normalized spacial score (nSPS) is 12.0. The number of rotatable bonds is 3. The molecule has 0 aliphatic carbocycles. The fourth-order valence-electron chi connectivity index (χ4n) is 2.36. The second-order valence-corrected chi connectivity index (χ2v) is 4.93. The van der Waals surface area contributed by atoms with Crippen molar-refractivity contribution in [2.75, 3.05) is 5.32 Å². The fraction of sp³-hybridized carbons (Fsp3) is 0.333. The minimum Gasteiger partial charge on any atom is -0.366 e. The molecule has 20 heavy (non-hydrogen) atoms. The summed E-state index contributed by atoms with van der Waals surface area (Å²) in [5.41, 5.74) is 3.98. The first-order valence-corrected chi connectivity index (χ1v) is 6.36. The van der Waals surface area contributed by atoms with Crippen molar-refractivity contribution in [3.8, 4) is 6.07 Å². The van der Waals surface area contributed by atoms with Crippen molar-refractivity contribution in [1.29, 1.82) is 5.26 Å². The van der Waals surface area contributed by atoms with Crippen LogP contribution in [-0.2, 0) is 7.05 Å². The molecule has 1 aromatic heterocycles. The van der Waals surface area contributed by atoms with Crippen LogP contribution in [0.3, 0.4) is 0 Å². The average Bonchev–Trinajstić information content (AvgIpc) is 2.60. The lowest BCUT2D eigenvalue weighted by Gasteiger charge is -2.14. The molecule has 1 unspecified atom stereocenters. The SMILES string of the molecule is Cc1cc(F)cc(NC(C#N)c2c(C)nn(C)c2C)c1. The van der Waals surface area contributed by atoms with Crippen molar-refractivity contribution in [2.45, 2.75) is 26.8 Å². The molecular weight excluding hydrogens is 255 g/mol. The Morgan fingerprint density at radius 3 is 2.50 bits per heavy atom. The largest absolute Gasteiger partial charge is 0.366 e. The molecule has 0 saturated heterocycles. The molecule has 4 nitrogen and oxygen atoms in total. The van der Waals surface area contributed by atoms with E-state index in [9.17, 15) is 9.65 Å². The van der Waals surface area contributed by atoms with E-state index in [4.69, 9.17) is 0 Å². The zero-order valence-corrected chi connectivity index (χ0v) is 12.0. The molecule has 0 radical (unpaired) electrons. The zero-order chi connectivity index (χ0) is 14.9. The van der Waals surface area contributed by atoms with Crippen LogP contribution in [0.1, 0.15) is 28.6 Å². The van der Waals surface area contributed by atoms with E-state index in [1.165, 1.54) is 12.1 Å². The van der Waals surface area contributed by atoms with Crippen molar-refractivity contribution in [3.63, 3.8) is 0 Å². The molecule has 1 aromatic carbocycles. The van der Waals surface area contributed by atoms with Crippen molar-refractivity contribution < 1.29 is 4.39 Å². The van der Waals surface area contributed by atoms with Crippen LogP contribution in [0.5, 0.6) is 0 Å². The number of nitrogens with zero attached hydrogens (tertiary/aromatic N) is 3. The highest BCUT2D eigenvalue weighted by Gasteiger charge is 2.20. The molecule has 2 rings (SSSR count). The molecule has 0 bridgehead atoms. The number of anilines is 1. The number of halogens is 1. The van der Waals surface area contributed by atoms with Crippen LogP contribution in [0.15, 0.2) is 18.2 Å². The Kier molecular flexibility index (Phi) is 3.75. The third-order valence-corrected chi connectivity index (χ3v) is 3.34. The van der Waals surface area contributed by atoms with E-state index in [-0.39, 0.29) is 5.82 Å². The van der Waals surface area contributed by atoms with Gasteiger partial charge in [-0.2, -0.15) is 10.4 Å². The van der Waals surface area contributed by atoms with Crippen molar-refractivity contribution >= 4 is 5.69 Å². The zero-order valence-electron chi connectivity index (χ0n) is 12.0. The Hall–Kier alpha value is -2.35. The van der Waals surface area contributed by atoms with Gasteiger partial charge in [0.15, 0.2) is 0 Å². The van der Waals surface area contributed by atoms with Crippen LogP contribution in [0.2, 0.25) is 0 Å². The number of nitriles is 1. The van der Waals surface area contributed by atoms with Gasteiger partial charge in [-0.15, -0.1) is 0 Å². The molecule has 1 N–H and O–H groups in total. The van der Waals surface area contributed by atoms with Gasteiger partial charge in [-0.05, 0) is 44.5 Å². The maximum absolute atomic E-state index is 13.4. The van der Waals surface area contributed by atoms with E-state index in [0.717, 1.165) is 22.5 Å². The van der Waals surface area contributed by atoms with Crippen molar-refractivity contribution in [2.24, 2.45) is 7.05 Å². The van der Waals surface area contributed by atoms with E-state index in [1.54, 1.807) is 4.68 Å². The van der Waals surface area contributed by atoms with Crippen molar-refractivity contribution in [1.82, 2.24) is 9.78 Å². The average molecular weight is 272 g/mol. The van der Waals surface area contributed by atoms with Crippen molar-refractivity contribution in [3.05, 3.63) is 46.5 Å². The number of benzene rings is 1. The van der Waals surface area contributed by atoms with E-state index < -0.39 is 6.04 Å². The van der Waals surface area contributed by atoms with Gasteiger partial charge in [0.2, 0.25) is 0 Å². The summed E-state index contributed by atoms with van der Waals surface area (Å²) in [7, 11) is 1.84. The highest BCUT2D eigenvalue weighted by molar-refractivity contribution is 5.50. The monoisotopic (exact) mass is 272 g/mol. The summed E-state index contributed by atoms with van der Waals surface area (Å²) in [6.45, 7) is 5.60. The summed E-state index contributed by atoms with van der Waals surface area (Å²) in [6.07, 6.45) is 0. The van der Waals surface area contributed by atoms with Gasteiger partial charge >= 0.3 is 0 Å². The van der Waals surface area contributed by atoms with E-state index >= 15 is 0 Å². The first-order valence-electron chi connectivity index (χ1n) is 6.36. The molecule has 0 spiro atoms. The van der Waals surface area contributed by atoms with Crippen LogP contribution in [0.4, 0.5) is 10.1 Å². The van der Waals surface area contributed by atoms with Gasteiger partial charge in [0.1, 0.15) is 11.9 Å². The minimum absolute atomic E-state index is 0.316. The lowest BCUT2D eigenvalue weighted by Crippen LogP contribution is -2.11. The minimum atomic E-state index is -0.551. The molecule has 0 amide bonds. The summed E-state index contributed by atoms with van der Waals surface area (Å²) in [5, 5.41) is 16.8. The summed E-state index contributed by atoms with van der Waals surface area (Å²) >= 11 is 0. The second-order valence-electron chi connectivity index (χ2n) is 4.93. The van der Waals surface area contributed by atoms with Gasteiger partial charge in [-0.1, -0.05) is 0 Å². The highest BCUT2D eigenvalue weighted by atomic mass is 19.1. The Balaban J connectivity index is 2.37. The lowest BCUT2D eigenvalue weighted by atomic mass is 10.1. The molecule has 2 aromatic rings. The van der Waals surface area contributed by atoms with Crippen LogP contribution >= 0.6 is 0 Å². The molecule has 0 aliphatic rings. The Morgan fingerprint density at radius 1 is 1.30 bits per heavy atom.